The van der Waals surface area contributed by atoms with Gasteiger partial charge in [-0.05, 0) is 29.3 Å². The molecule has 2 aromatic rings. The Morgan fingerprint density at radius 2 is 1.69 bits per heavy atom. The van der Waals surface area contributed by atoms with Crippen LogP contribution < -0.4 is 4.74 Å². The number of carbonyl (C=O) groups excluding carboxylic acids is 1. The Morgan fingerprint density at radius 3 is 2.31 bits per heavy atom. The number of phenolic OH excluding ortho intramolecular Hbond substituents is 2. The normalized spacial score (nSPS) is 15.2. The summed E-state index contributed by atoms with van der Waals surface area (Å²) in [5.41, 5.74) is 3.76. The fourth-order valence-corrected chi connectivity index (χ4v) is 3.37. The highest BCUT2D eigenvalue weighted by molar-refractivity contribution is 6.01. The second-order valence-electron chi connectivity index (χ2n) is 7.14. The molecule has 148 valence electrons. The zero-order chi connectivity index (χ0) is 21.1. The van der Waals surface area contributed by atoms with Gasteiger partial charge in [0.25, 0.3) is 0 Å². The number of aromatic hydroxyl groups is 2. The third kappa shape index (κ3) is 4.16. The smallest absolute Gasteiger partial charge is 0.170 e. The molecule has 1 atom stereocenters. The second kappa shape index (κ2) is 8.23. The van der Waals surface area contributed by atoms with Gasteiger partial charge in [0, 0.05) is 18.4 Å². The first-order valence-electron chi connectivity index (χ1n) is 9.31. The van der Waals surface area contributed by atoms with Crippen LogP contribution in [0.1, 0.15) is 39.6 Å². The van der Waals surface area contributed by atoms with Crippen molar-refractivity contribution in [3.05, 3.63) is 102 Å². The van der Waals surface area contributed by atoms with Gasteiger partial charge in [0.05, 0.1) is 12.0 Å². The Morgan fingerprint density at radius 1 is 1.07 bits per heavy atom. The summed E-state index contributed by atoms with van der Waals surface area (Å²) in [5.74, 6) is 0.506. The average Bonchev–Trinajstić information content (AvgIpc) is 2.71. The Bertz CT molecular complexity index is 1010. The van der Waals surface area contributed by atoms with Gasteiger partial charge in [0.1, 0.15) is 23.4 Å². The van der Waals surface area contributed by atoms with E-state index in [0.29, 0.717) is 40.9 Å². The number of phenols is 2. The number of allylic oxidation sites excluding steroid dienone is 4. The van der Waals surface area contributed by atoms with Crippen LogP contribution in [0.4, 0.5) is 0 Å². The van der Waals surface area contributed by atoms with E-state index < -0.39 is 6.10 Å². The lowest BCUT2D eigenvalue weighted by Crippen LogP contribution is -2.22. The van der Waals surface area contributed by atoms with Crippen molar-refractivity contribution in [2.75, 3.05) is 0 Å². The molecule has 2 N–H and O–H groups in total. The third-order valence-corrected chi connectivity index (χ3v) is 5.02. The first-order valence-corrected chi connectivity index (χ1v) is 9.31. The zero-order valence-corrected chi connectivity index (χ0v) is 16.3. The number of Topliss-reactive ketones (excluding diaryl/α,β-unsaturated/α-hetero) is 1. The molecule has 0 radical (unpaired) electrons. The Kier molecular flexibility index (Phi) is 5.74. The quantitative estimate of drug-likeness (QED) is 0.626. The molecular formula is C25H24O4. The van der Waals surface area contributed by atoms with E-state index in [2.05, 4.69) is 26.3 Å². The van der Waals surface area contributed by atoms with Gasteiger partial charge in [-0.15, -0.1) is 0 Å². The van der Waals surface area contributed by atoms with Gasteiger partial charge in [-0.1, -0.05) is 61.7 Å². The van der Waals surface area contributed by atoms with Gasteiger partial charge < -0.3 is 14.9 Å². The highest BCUT2D eigenvalue weighted by Crippen LogP contribution is 2.44. The fraction of sp³-hybridized carbons (Fsp3) is 0.160. The van der Waals surface area contributed by atoms with Crippen molar-refractivity contribution in [1.82, 2.24) is 0 Å². The van der Waals surface area contributed by atoms with Crippen LogP contribution in [0.3, 0.4) is 0 Å². The van der Waals surface area contributed by atoms with Gasteiger partial charge in [0.2, 0.25) is 0 Å². The molecule has 0 aliphatic carbocycles. The van der Waals surface area contributed by atoms with Crippen molar-refractivity contribution in [3.63, 3.8) is 0 Å². The number of ether oxygens (including phenoxy) is 1. The maximum Gasteiger partial charge on any atom is 0.170 e. The van der Waals surface area contributed by atoms with E-state index in [4.69, 9.17) is 4.74 Å². The maximum atomic E-state index is 13.0. The van der Waals surface area contributed by atoms with Gasteiger partial charge >= 0.3 is 0 Å². The van der Waals surface area contributed by atoms with Crippen LogP contribution in [-0.2, 0) is 12.8 Å². The molecule has 1 aliphatic rings. The van der Waals surface area contributed by atoms with Crippen molar-refractivity contribution in [3.8, 4) is 17.2 Å². The lowest BCUT2D eigenvalue weighted by molar-refractivity contribution is 0.0847. The number of hydrogen-bond acceptors (Lipinski definition) is 4. The molecule has 3 rings (SSSR count). The minimum absolute atomic E-state index is 0.0638. The molecule has 0 saturated heterocycles. The average molecular weight is 388 g/mol. The Hall–Kier alpha value is -3.53. The van der Waals surface area contributed by atoms with Crippen molar-refractivity contribution < 1.29 is 19.7 Å². The van der Waals surface area contributed by atoms with Crippen LogP contribution >= 0.6 is 0 Å². The standard InChI is InChI=1S/C25H24O4/c1-5-15(3)11-18-13-20-22(27)14-23(17-7-9-19(26)10-8-17)29-25(20)21(24(18)28)12-16(4)6-2/h5-10,13,23,26,28H,1-4,11-12,14H2. The monoisotopic (exact) mass is 388 g/mol. The first-order chi connectivity index (χ1) is 13.8. The van der Waals surface area contributed by atoms with E-state index in [9.17, 15) is 15.0 Å². The highest BCUT2D eigenvalue weighted by Gasteiger charge is 2.32. The SMILES string of the molecule is C=CC(=C)Cc1cc2c(c(CC(=C)C=C)c1O)OC(c1ccc(O)cc1)CC2=O. The molecule has 4 nitrogen and oxygen atoms in total. The van der Waals surface area contributed by atoms with E-state index in [-0.39, 0.29) is 23.7 Å². The second-order valence-corrected chi connectivity index (χ2v) is 7.14. The molecule has 0 amide bonds. The van der Waals surface area contributed by atoms with Gasteiger partial charge in [0.15, 0.2) is 5.78 Å². The third-order valence-electron chi connectivity index (χ3n) is 5.02. The van der Waals surface area contributed by atoms with Crippen LogP contribution in [0.2, 0.25) is 0 Å². The van der Waals surface area contributed by atoms with Crippen LogP contribution in [-0.4, -0.2) is 16.0 Å². The fourth-order valence-electron chi connectivity index (χ4n) is 3.37. The predicted molar refractivity (Wildman–Crippen MR) is 115 cm³/mol. The summed E-state index contributed by atoms with van der Waals surface area (Å²) in [7, 11) is 0. The molecule has 0 fully saturated rings. The molecule has 0 saturated carbocycles. The number of ketones is 1. The van der Waals surface area contributed by atoms with E-state index in [0.717, 1.165) is 11.1 Å². The minimum atomic E-state index is -0.500. The number of carbonyl (C=O) groups is 1. The molecule has 2 aromatic carbocycles. The molecule has 1 unspecified atom stereocenters. The molecule has 0 spiro atoms. The number of benzene rings is 2. The lowest BCUT2D eigenvalue weighted by atomic mass is 9.89. The summed E-state index contributed by atoms with van der Waals surface area (Å²) in [6.07, 6.45) is 3.60. The van der Waals surface area contributed by atoms with Crippen LogP contribution in [0, 0.1) is 0 Å². The summed E-state index contributed by atoms with van der Waals surface area (Å²) in [6, 6.07) is 8.24. The lowest BCUT2D eigenvalue weighted by Gasteiger charge is -2.29. The molecule has 29 heavy (non-hydrogen) atoms. The van der Waals surface area contributed by atoms with E-state index >= 15 is 0 Å². The van der Waals surface area contributed by atoms with Gasteiger partial charge in [-0.3, -0.25) is 4.79 Å². The molecule has 1 aliphatic heterocycles. The van der Waals surface area contributed by atoms with Crippen molar-refractivity contribution >= 4 is 5.78 Å². The van der Waals surface area contributed by atoms with E-state index in [1.807, 2.05) is 0 Å². The highest BCUT2D eigenvalue weighted by atomic mass is 16.5. The van der Waals surface area contributed by atoms with Crippen LogP contribution in [0.15, 0.2) is 79.9 Å². The molecular weight excluding hydrogens is 364 g/mol. The van der Waals surface area contributed by atoms with Crippen LogP contribution in [0.5, 0.6) is 17.2 Å². The van der Waals surface area contributed by atoms with Crippen molar-refractivity contribution in [2.24, 2.45) is 0 Å². The Balaban J connectivity index is 2.10. The van der Waals surface area contributed by atoms with Gasteiger partial charge in [-0.2, -0.15) is 0 Å². The number of hydrogen-bond donors (Lipinski definition) is 2. The predicted octanol–water partition coefficient (Wildman–Crippen LogP) is 5.37. The molecule has 1 heterocycles. The number of fused-ring (bicyclic) bond motifs is 1. The summed E-state index contributed by atoms with van der Waals surface area (Å²) in [5, 5.41) is 20.5. The molecule has 0 aromatic heterocycles. The Labute approximate surface area is 170 Å². The number of rotatable bonds is 7. The summed E-state index contributed by atoms with van der Waals surface area (Å²) in [4.78, 5) is 13.0. The van der Waals surface area contributed by atoms with Crippen LogP contribution in [0.25, 0.3) is 0 Å². The maximum absolute atomic E-state index is 13.0. The van der Waals surface area contributed by atoms with E-state index in [1.54, 1.807) is 42.5 Å². The molecule has 0 bridgehead atoms. The van der Waals surface area contributed by atoms with Crippen molar-refractivity contribution in [1.29, 1.82) is 0 Å². The van der Waals surface area contributed by atoms with Gasteiger partial charge in [-0.25, -0.2) is 0 Å². The minimum Gasteiger partial charge on any atom is -0.508 e. The van der Waals surface area contributed by atoms with Crippen molar-refractivity contribution in [2.45, 2.75) is 25.4 Å². The summed E-state index contributed by atoms with van der Waals surface area (Å²) in [6.45, 7) is 15.3. The zero-order valence-electron chi connectivity index (χ0n) is 16.3. The summed E-state index contributed by atoms with van der Waals surface area (Å²) >= 11 is 0. The largest absolute Gasteiger partial charge is 0.508 e. The van der Waals surface area contributed by atoms with E-state index in [1.165, 1.54) is 0 Å². The first kappa shape index (κ1) is 20.2. The summed E-state index contributed by atoms with van der Waals surface area (Å²) < 4.78 is 6.19. The topological polar surface area (TPSA) is 66.8 Å². The molecule has 4 heteroatoms.